The summed E-state index contributed by atoms with van der Waals surface area (Å²) in [5, 5.41) is 15.2. The first kappa shape index (κ1) is 12.9. The minimum Gasteiger partial charge on any atom is -0.313 e. The van der Waals surface area contributed by atoms with Crippen molar-refractivity contribution >= 4 is 0 Å². The molecule has 0 radical (unpaired) electrons. The standard InChI is InChI=1S/C12H26N2O/c1-9(2)13-10-7-11(3,4)14(15)12(5,6)8-10/h9-10,13,15H,7-8H2,1-6H3. The zero-order valence-corrected chi connectivity index (χ0v) is 11.0. The first-order valence-corrected chi connectivity index (χ1v) is 5.90. The van der Waals surface area contributed by atoms with Crippen LogP contribution in [0.25, 0.3) is 0 Å². The SMILES string of the molecule is CC(C)NC1CC(C)(C)N(O)C(C)(C)C1. The molecule has 0 aromatic carbocycles. The topological polar surface area (TPSA) is 35.5 Å². The lowest BCUT2D eigenvalue weighted by Gasteiger charge is -2.52. The highest BCUT2D eigenvalue weighted by molar-refractivity contribution is 4.98. The molecular weight excluding hydrogens is 188 g/mol. The lowest BCUT2D eigenvalue weighted by atomic mass is 9.79. The molecule has 1 heterocycles. The summed E-state index contributed by atoms with van der Waals surface area (Å²) in [6.45, 7) is 12.7. The molecule has 0 bridgehead atoms. The lowest BCUT2D eigenvalue weighted by Crippen LogP contribution is -2.63. The maximum atomic E-state index is 10.1. The molecule has 1 rings (SSSR count). The quantitative estimate of drug-likeness (QED) is 0.741. The van der Waals surface area contributed by atoms with Gasteiger partial charge in [0.2, 0.25) is 0 Å². The van der Waals surface area contributed by atoms with Gasteiger partial charge < -0.3 is 10.5 Å². The molecule has 0 aliphatic carbocycles. The summed E-state index contributed by atoms with van der Waals surface area (Å²) >= 11 is 0. The first-order chi connectivity index (χ1) is 6.65. The van der Waals surface area contributed by atoms with Gasteiger partial charge in [-0.25, -0.2) is 0 Å². The van der Waals surface area contributed by atoms with Crippen LogP contribution in [0, 0.1) is 0 Å². The predicted molar refractivity (Wildman–Crippen MR) is 63.1 cm³/mol. The third kappa shape index (κ3) is 2.92. The fraction of sp³-hybridized carbons (Fsp3) is 1.00. The summed E-state index contributed by atoms with van der Waals surface area (Å²) in [5.41, 5.74) is -0.289. The fourth-order valence-corrected chi connectivity index (χ4v) is 2.86. The van der Waals surface area contributed by atoms with E-state index in [0.29, 0.717) is 12.1 Å². The molecule has 1 saturated heterocycles. The van der Waals surface area contributed by atoms with Gasteiger partial charge in [0.25, 0.3) is 0 Å². The van der Waals surface area contributed by atoms with E-state index >= 15 is 0 Å². The second-order valence-corrected chi connectivity index (χ2v) is 6.36. The molecule has 1 fully saturated rings. The molecule has 3 heteroatoms. The minimum absolute atomic E-state index is 0.145. The van der Waals surface area contributed by atoms with Crippen molar-refractivity contribution in [2.45, 2.75) is 77.5 Å². The van der Waals surface area contributed by atoms with Crippen LogP contribution in [0.5, 0.6) is 0 Å². The molecule has 0 unspecified atom stereocenters. The highest BCUT2D eigenvalue weighted by Crippen LogP contribution is 2.36. The number of hydrogen-bond acceptors (Lipinski definition) is 3. The Bertz CT molecular complexity index is 206. The number of nitrogens with zero attached hydrogens (tertiary/aromatic N) is 1. The van der Waals surface area contributed by atoms with Crippen molar-refractivity contribution in [3.8, 4) is 0 Å². The van der Waals surface area contributed by atoms with Crippen molar-refractivity contribution in [2.75, 3.05) is 0 Å². The van der Waals surface area contributed by atoms with Crippen molar-refractivity contribution in [3.63, 3.8) is 0 Å². The van der Waals surface area contributed by atoms with Crippen LogP contribution in [-0.4, -0.2) is 33.4 Å². The fourth-order valence-electron chi connectivity index (χ4n) is 2.86. The van der Waals surface area contributed by atoms with Crippen LogP contribution < -0.4 is 5.32 Å². The summed E-state index contributed by atoms with van der Waals surface area (Å²) in [6.07, 6.45) is 1.98. The van der Waals surface area contributed by atoms with Crippen LogP contribution in [0.3, 0.4) is 0 Å². The number of piperidine rings is 1. The van der Waals surface area contributed by atoms with E-state index in [1.807, 2.05) is 0 Å². The third-order valence-corrected chi connectivity index (χ3v) is 3.21. The molecule has 0 atom stereocenters. The van der Waals surface area contributed by atoms with Gasteiger partial charge in [-0.15, -0.1) is 0 Å². The van der Waals surface area contributed by atoms with Crippen molar-refractivity contribution in [1.82, 2.24) is 10.4 Å². The Hall–Kier alpha value is -0.120. The van der Waals surface area contributed by atoms with Crippen molar-refractivity contribution in [3.05, 3.63) is 0 Å². The molecule has 0 amide bonds. The number of nitrogens with one attached hydrogen (secondary N) is 1. The Balaban J connectivity index is 2.75. The van der Waals surface area contributed by atoms with Crippen molar-refractivity contribution in [1.29, 1.82) is 0 Å². The summed E-state index contributed by atoms with van der Waals surface area (Å²) in [6, 6.07) is 1.00. The van der Waals surface area contributed by atoms with Crippen LogP contribution in [-0.2, 0) is 0 Å². The smallest absolute Gasteiger partial charge is 0.0425 e. The Morgan fingerprint density at radius 1 is 1.13 bits per heavy atom. The maximum Gasteiger partial charge on any atom is 0.0425 e. The zero-order chi connectivity index (χ0) is 11.9. The third-order valence-electron chi connectivity index (χ3n) is 3.21. The van der Waals surface area contributed by atoms with Crippen LogP contribution in [0.1, 0.15) is 54.4 Å². The van der Waals surface area contributed by atoms with E-state index in [-0.39, 0.29) is 11.1 Å². The zero-order valence-electron chi connectivity index (χ0n) is 11.0. The second-order valence-electron chi connectivity index (χ2n) is 6.36. The molecule has 0 aromatic rings. The van der Waals surface area contributed by atoms with E-state index in [4.69, 9.17) is 0 Å². The number of hydrogen-bond donors (Lipinski definition) is 2. The van der Waals surface area contributed by atoms with Gasteiger partial charge in [-0.1, -0.05) is 13.8 Å². The van der Waals surface area contributed by atoms with Gasteiger partial charge in [0.1, 0.15) is 0 Å². The molecule has 1 aliphatic heterocycles. The Kier molecular flexibility index (Phi) is 3.49. The maximum absolute atomic E-state index is 10.1. The molecule has 0 saturated carbocycles. The molecule has 0 aromatic heterocycles. The average Bonchev–Trinajstić information content (AvgIpc) is 1.97. The predicted octanol–water partition coefficient (Wildman–Crippen LogP) is 2.40. The highest BCUT2D eigenvalue weighted by atomic mass is 16.5. The molecule has 3 nitrogen and oxygen atoms in total. The van der Waals surface area contributed by atoms with E-state index in [1.165, 1.54) is 5.06 Å². The van der Waals surface area contributed by atoms with Gasteiger partial charge in [-0.2, -0.15) is 5.06 Å². The second kappa shape index (κ2) is 4.04. The highest BCUT2D eigenvalue weighted by Gasteiger charge is 2.44. The van der Waals surface area contributed by atoms with Gasteiger partial charge >= 0.3 is 0 Å². The first-order valence-electron chi connectivity index (χ1n) is 5.90. The Morgan fingerprint density at radius 3 is 1.87 bits per heavy atom. The molecule has 15 heavy (non-hydrogen) atoms. The normalized spacial score (nSPS) is 27.2. The minimum atomic E-state index is -0.145. The van der Waals surface area contributed by atoms with E-state index in [2.05, 4.69) is 46.9 Å². The van der Waals surface area contributed by atoms with Crippen LogP contribution in [0.15, 0.2) is 0 Å². The van der Waals surface area contributed by atoms with Gasteiger partial charge in [0, 0.05) is 23.2 Å². The molecule has 1 aliphatic rings. The summed E-state index contributed by atoms with van der Waals surface area (Å²) in [5.74, 6) is 0. The molecule has 0 spiro atoms. The van der Waals surface area contributed by atoms with E-state index < -0.39 is 0 Å². The average molecular weight is 214 g/mol. The lowest BCUT2D eigenvalue weighted by molar-refractivity contribution is -0.246. The van der Waals surface area contributed by atoms with Crippen LogP contribution >= 0.6 is 0 Å². The van der Waals surface area contributed by atoms with Crippen LogP contribution in [0.4, 0.5) is 0 Å². The summed E-state index contributed by atoms with van der Waals surface area (Å²) in [4.78, 5) is 0. The molecule has 2 N–H and O–H groups in total. The van der Waals surface area contributed by atoms with Crippen LogP contribution in [0.2, 0.25) is 0 Å². The summed E-state index contributed by atoms with van der Waals surface area (Å²) in [7, 11) is 0. The monoisotopic (exact) mass is 214 g/mol. The van der Waals surface area contributed by atoms with Gasteiger partial charge in [0.15, 0.2) is 0 Å². The van der Waals surface area contributed by atoms with Gasteiger partial charge in [-0.05, 0) is 40.5 Å². The molecular formula is C12H26N2O. The summed E-state index contributed by atoms with van der Waals surface area (Å²) < 4.78 is 0. The Morgan fingerprint density at radius 2 is 1.53 bits per heavy atom. The Labute approximate surface area is 93.8 Å². The van der Waals surface area contributed by atoms with Gasteiger partial charge in [0.05, 0.1) is 0 Å². The number of hydroxylamine groups is 2. The van der Waals surface area contributed by atoms with Crippen molar-refractivity contribution in [2.24, 2.45) is 0 Å². The van der Waals surface area contributed by atoms with E-state index in [1.54, 1.807) is 0 Å². The van der Waals surface area contributed by atoms with Crippen molar-refractivity contribution < 1.29 is 5.21 Å². The van der Waals surface area contributed by atoms with Gasteiger partial charge in [-0.3, -0.25) is 0 Å². The molecule has 90 valence electrons. The van der Waals surface area contributed by atoms with E-state index in [9.17, 15) is 5.21 Å². The van der Waals surface area contributed by atoms with E-state index in [0.717, 1.165) is 12.8 Å². The largest absolute Gasteiger partial charge is 0.313 e. The number of rotatable bonds is 2.